The van der Waals surface area contributed by atoms with Gasteiger partial charge in [0.1, 0.15) is 0 Å². The molecule has 0 unspecified atom stereocenters. The number of anilines is 1. The lowest BCUT2D eigenvalue weighted by atomic mass is 9.98. The average molecular weight is 353 g/mol. The minimum atomic E-state index is -0.282. The lowest BCUT2D eigenvalue weighted by Gasteiger charge is -2.29. The zero-order chi connectivity index (χ0) is 18.5. The minimum absolute atomic E-state index is 0.000143. The van der Waals surface area contributed by atoms with Crippen molar-refractivity contribution in [1.29, 1.82) is 0 Å². The Bertz CT molecular complexity index is 758. The quantitative estimate of drug-likeness (QED) is 0.810. The van der Waals surface area contributed by atoms with Gasteiger partial charge in [-0.1, -0.05) is 0 Å². The highest BCUT2D eigenvalue weighted by Gasteiger charge is 2.22. The number of carbonyl (C=O) groups is 3. The van der Waals surface area contributed by atoms with Gasteiger partial charge < -0.3 is 15.5 Å². The second kappa shape index (κ2) is 8.05. The molecule has 2 heterocycles. The first-order valence-corrected chi connectivity index (χ1v) is 9.01. The van der Waals surface area contributed by atoms with Gasteiger partial charge in [-0.3, -0.25) is 14.4 Å². The van der Waals surface area contributed by atoms with Gasteiger partial charge in [0.05, 0.1) is 6.54 Å². The first-order valence-electron chi connectivity index (χ1n) is 9.01. The Balaban J connectivity index is 1.55. The highest BCUT2D eigenvalue weighted by molar-refractivity contribution is 5.98. The summed E-state index contributed by atoms with van der Waals surface area (Å²) in [6.07, 6.45) is 9.04. The number of rotatable bonds is 3. The Kier molecular flexibility index (Phi) is 5.57. The molecule has 0 aliphatic carbocycles. The number of carbonyl (C=O) groups excluding carboxylic acids is 3. The topological polar surface area (TPSA) is 78.5 Å². The van der Waals surface area contributed by atoms with E-state index in [1.165, 1.54) is 0 Å². The Hall–Kier alpha value is -2.81. The van der Waals surface area contributed by atoms with E-state index in [1.54, 1.807) is 23.1 Å². The number of hydrogen-bond acceptors (Lipinski definition) is 3. The Morgan fingerprint density at radius 3 is 2.77 bits per heavy atom. The SMILES string of the molecule is C#CC1CCN(C(=O)CNC(=O)c2ccc3c(c2)CCCC(=O)N3)CC1. The van der Waals surface area contributed by atoms with E-state index >= 15 is 0 Å². The molecular formula is C20H23N3O3. The molecule has 3 rings (SSSR count). The number of piperidine rings is 1. The van der Waals surface area contributed by atoms with E-state index in [0.29, 0.717) is 25.1 Å². The largest absolute Gasteiger partial charge is 0.343 e. The summed E-state index contributed by atoms with van der Waals surface area (Å²) in [4.78, 5) is 38.0. The molecule has 0 bridgehead atoms. The van der Waals surface area contributed by atoms with E-state index in [0.717, 1.165) is 36.9 Å². The molecule has 1 saturated heterocycles. The van der Waals surface area contributed by atoms with Gasteiger partial charge in [-0.15, -0.1) is 12.3 Å². The molecule has 0 aromatic heterocycles. The predicted octanol–water partition coefficient (Wildman–Crippen LogP) is 1.56. The minimum Gasteiger partial charge on any atom is -0.343 e. The lowest BCUT2D eigenvalue weighted by molar-refractivity contribution is -0.131. The highest BCUT2D eigenvalue weighted by Crippen LogP contribution is 2.23. The molecule has 6 heteroatoms. The van der Waals surface area contributed by atoms with Crippen molar-refractivity contribution in [2.24, 2.45) is 5.92 Å². The summed E-state index contributed by atoms with van der Waals surface area (Å²) < 4.78 is 0. The predicted molar refractivity (Wildman–Crippen MR) is 98.5 cm³/mol. The number of benzene rings is 1. The van der Waals surface area contributed by atoms with Gasteiger partial charge in [-0.25, -0.2) is 0 Å². The fourth-order valence-electron chi connectivity index (χ4n) is 3.38. The number of terminal acetylenes is 1. The summed E-state index contributed by atoms with van der Waals surface area (Å²) in [5.41, 5.74) is 2.21. The molecule has 2 aliphatic rings. The summed E-state index contributed by atoms with van der Waals surface area (Å²) in [7, 11) is 0. The normalized spacial score (nSPS) is 17.5. The second-order valence-corrected chi connectivity index (χ2v) is 6.78. The van der Waals surface area contributed by atoms with Crippen LogP contribution in [0.4, 0.5) is 5.69 Å². The van der Waals surface area contributed by atoms with E-state index < -0.39 is 0 Å². The maximum absolute atomic E-state index is 12.4. The zero-order valence-corrected chi connectivity index (χ0v) is 14.7. The fourth-order valence-corrected chi connectivity index (χ4v) is 3.38. The molecule has 0 spiro atoms. The number of fused-ring (bicyclic) bond motifs is 1. The maximum atomic E-state index is 12.4. The van der Waals surface area contributed by atoms with E-state index in [-0.39, 0.29) is 30.2 Å². The molecule has 3 amide bonds. The highest BCUT2D eigenvalue weighted by atomic mass is 16.2. The molecular weight excluding hydrogens is 330 g/mol. The number of aryl methyl sites for hydroxylation is 1. The average Bonchev–Trinajstić information content (AvgIpc) is 2.85. The van der Waals surface area contributed by atoms with Crippen molar-refractivity contribution in [1.82, 2.24) is 10.2 Å². The molecule has 2 aliphatic heterocycles. The Labute approximate surface area is 153 Å². The van der Waals surface area contributed by atoms with E-state index in [4.69, 9.17) is 6.42 Å². The Morgan fingerprint density at radius 2 is 2.04 bits per heavy atom. The van der Waals surface area contributed by atoms with Crippen LogP contribution in [-0.2, 0) is 16.0 Å². The standard InChI is InChI=1S/C20H23N3O3/c1-2-14-8-10-23(11-9-14)19(25)13-21-20(26)16-6-7-17-15(12-16)4-3-5-18(24)22-17/h1,6-7,12,14H,3-5,8-11,13H2,(H,21,26)(H,22,24). The van der Waals surface area contributed by atoms with Crippen molar-refractivity contribution in [3.63, 3.8) is 0 Å². The summed E-state index contributed by atoms with van der Waals surface area (Å²) >= 11 is 0. The van der Waals surface area contributed by atoms with Gasteiger partial charge in [0, 0.05) is 36.7 Å². The van der Waals surface area contributed by atoms with Crippen molar-refractivity contribution in [3.8, 4) is 12.3 Å². The smallest absolute Gasteiger partial charge is 0.251 e. The zero-order valence-electron chi connectivity index (χ0n) is 14.7. The molecule has 0 atom stereocenters. The van der Waals surface area contributed by atoms with Crippen LogP contribution in [0.1, 0.15) is 41.6 Å². The van der Waals surface area contributed by atoms with Crippen LogP contribution in [0.25, 0.3) is 0 Å². The first kappa shape index (κ1) is 18.0. The second-order valence-electron chi connectivity index (χ2n) is 6.78. The summed E-state index contributed by atoms with van der Waals surface area (Å²) in [6.45, 7) is 1.26. The molecule has 0 radical (unpaired) electrons. The van der Waals surface area contributed by atoms with Crippen LogP contribution in [0.2, 0.25) is 0 Å². The molecule has 26 heavy (non-hydrogen) atoms. The maximum Gasteiger partial charge on any atom is 0.251 e. The van der Waals surface area contributed by atoms with Crippen molar-refractivity contribution >= 4 is 23.4 Å². The van der Waals surface area contributed by atoms with Crippen molar-refractivity contribution in [3.05, 3.63) is 29.3 Å². The van der Waals surface area contributed by atoms with Crippen LogP contribution in [-0.4, -0.2) is 42.3 Å². The molecule has 136 valence electrons. The van der Waals surface area contributed by atoms with Gasteiger partial charge in [-0.2, -0.15) is 0 Å². The van der Waals surface area contributed by atoms with Crippen LogP contribution < -0.4 is 10.6 Å². The van der Waals surface area contributed by atoms with E-state index in [9.17, 15) is 14.4 Å². The lowest BCUT2D eigenvalue weighted by Crippen LogP contribution is -2.44. The van der Waals surface area contributed by atoms with Crippen molar-refractivity contribution in [2.75, 3.05) is 25.0 Å². The van der Waals surface area contributed by atoms with Crippen LogP contribution in [0.5, 0.6) is 0 Å². The summed E-state index contributed by atoms with van der Waals surface area (Å²) in [5.74, 6) is 2.61. The van der Waals surface area contributed by atoms with Gasteiger partial charge in [-0.05, 0) is 49.4 Å². The van der Waals surface area contributed by atoms with Gasteiger partial charge in [0.2, 0.25) is 11.8 Å². The van der Waals surface area contributed by atoms with E-state index in [1.807, 2.05) is 0 Å². The summed E-state index contributed by atoms with van der Waals surface area (Å²) in [6, 6.07) is 5.21. The number of amides is 3. The number of nitrogens with zero attached hydrogens (tertiary/aromatic N) is 1. The van der Waals surface area contributed by atoms with Gasteiger partial charge in [0.15, 0.2) is 0 Å². The van der Waals surface area contributed by atoms with Crippen LogP contribution in [0.3, 0.4) is 0 Å². The number of likely N-dealkylation sites (tertiary alicyclic amines) is 1. The number of hydrogen-bond donors (Lipinski definition) is 2. The Morgan fingerprint density at radius 1 is 1.27 bits per heavy atom. The van der Waals surface area contributed by atoms with Crippen LogP contribution >= 0.6 is 0 Å². The third kappa shape index (κ3) is 4.23. The molecule has 2 N–H and O–H groups in total. The van der Waals surface area contributed by atoms with Gasteiger partial charge in [0.25, 0.3) is 5.91 Å². The molecule has 0 saturated carbocycles. The summed E-state index contributed by atoms with van der Waals surface area (Å²) in [5, 5.41) is 5.54. The van der Waals surface area contributed by atoms with Gasteiger partial charge >= 0.3 is 0 Å². The van der Waals surface area contributed by atoms with Crippen LogP contribution in [0, 0.1) is 18.3 Å². The van der Waals surface area contributed by atoms with Crippen LogP contribution in [0.15, 0.2) is 18.2 Å². The first-order chi connectivity index (χ1) is 12.6. The molecule has 6 nitrogen and oxygen atoms in total. The third-order valence-electron chi connectivity index (χ3n) is 4.98. The van der Waals surface area contributed by atoms with E-state index in [2.05, 4.69) is 16.6 Å². The molecule has 1 aromatic carbocycles. The molecule has 1 aromatic rings. The third-order valence-corrected chi connectivity index (χ3v) is 4.98. The molecule has 1 fully saturated rings. The van der Waals surface area contributed by atoms with Crippen molar-refractivity contribution < 1.29 is 14.4 Å². The fraction of sp³-hybridized carbons (Fsp3) is 0.450. The van der Waals surface area contributed by atoms with Crippen molar-refractivity contribution in [2.45, 2.75) is 32.1 Å². The number of nitrogens with one attached hydrogen (secondary N) is 2. The monoisotopic (exact) mass is 353 g/mol.